The van der Waals surface area contributed by atoms with Crippen molar-refractivity contribution in [1.29, 1.82) is 0 Å². The number of ether oxygens (including phenoxy) is 1. The van der Waals surface area contributed by atoms with Gasteiger partial charge in [-0.05, 0) is 18.6 Å². The Kier molecular flexibility index (Phi) is 3.46. The molecule has 0 N–H and O–H groups in total. The number of aryl methyl sites for hydroxylation is 2. The first-order chi connectivity index (χ1) is 8.65. The van der Waals surface area contributed by atoms with Crippen molar-refractivity contribution in [3.05, 3.63) is 47.3 Å². The van der Waals surface area contributed by atoms with Gasteiger partial charge in [-0.3, -0.25) is 9.48 Å². The molecule has 94 valence electrons. The first-order valence-corrected chi connectivity index (χ1v) is 5.87. The van der Waals surface area contributed by atoms with Crippen molar-refractivity contribution in [2.75, 3.05) is 7.11 Å². The summed E-state index contributed by atoms with van der Waals surface area (Å²) < 4.78 is 6.80. The van der Waals surface area contributed by atoms with Gasteiger partial charge >= 0.3 is 0 Å². The highest BCUT2D eigenvalue weighted by atomic mass is 16.5. The second kappa shape index (κ2) is 5.04. The lowest BCUT2D eigenvalue weighted by molar-refractivity contribution is 0.103. The number of aromatic nitrogens is 2. The van der Waals surface area contributed by atoms with Gasteiger partial charge in [-0.15, -0.1) is 0 Å². The first-order valence-electron chi connectivity index (χ1n) is 5.87. The molecule has 2 rings (SSSR count). The minimum absolute atomic E-state index is 0.0150. The number of methoxy groups -OCH3 is 1. The van der Waals surface area contributed by atoms with Crippen LogP contribution in [0, 0.1) is 0 Å². The largest absolute Gasteiger partial charge is 0.497 e. The molecule has 0 aliphatic rings. The van der Waals surface area contributed by atoms with E-state index >= 15 is 0 Å². The highest BCUT2D eigenvalue weighted by Gasteiger charge is 2.16. The zero-order valence-electron chi connectivity index (χ0n) is 10.8. The van der Waals surface area contributed by atoms with Gasteiger partial charge in [0, 0.05) is 18.8 Å². The summed E-state index contributed by atoms with van der Waals surface area (Å²) in [6.45, 7) is 1.99. The van der Waals surface area contributed by atoms with E-state index in [0.29, 0.717) is 16.9 Å². The zero-order chi connectivity index (χ0) is 13.1. The summed E-state index contributed by atoms with van der Waals surface area (Å²) in [6, 6.07) is 7.17. The molecule has 0 saturated heterocycles. The van der Waals surface area contributed by atoms with Crippen LogP contribution in [0.5, 0.6) is 5.75 Å². The zero-order valence-corrected chi connectivity index (χ0v) is 10.8. The van der Waals surface area contributed by atoms with Gasteiger partial charge in [-0.25, -0.2) is 0 Å². The van der Waals surface area contributed by atoms with E-state index in [1.807, 2.05) is 26.1 Å². The van der Waals surface area contributed by atoms with E-state index in [4.69, 9.17) is 4.74 Å². The van der Waals surface area contributed by atoms with E-state index in [-0.39, 0.29) is 5.78 Å². The molecule has 0 atom stereocenters. The molecule has 0 fully saturated rings. The lowest BCUT2D eigenvalue weighted by Gasteiger charge is -2.03. The predicted molar refractivity (Wildman–Crippen MR) is 69.0 cm³/mol. The number of carbonyl (C=O) groups is 1. The van der Waals surface area contributed by atoms with Crippen molar-refractivity contribution in [1.82, 2.24) is 9.78 Å². The van der Waals surface area contributed by atoms with E-state index < -0.39 is 0 Å². The number of benzene rings is 1. The van der Waals surface area contributed by atoms with Crippen LogP contribution in [0.25, 0.3) is 0 Å². The minimum Gasteiger partial charge on any atom is -0.497 e. The van der Waals surface area contributed by atoms with Crippen molar-refractivity contribution in [2.45, 2.75) is 13.3 Å². The molecule has 2 aromatic rings. The third-order valence-electron chi connectivity index (χ3n) is 2.82. The molecule has 0 bridgehead atoms. The van der Waals surface area contributed by atoms with Gasteiger partial charge < -0.3 is 4.74 Å². The molecule has 0 unspecified atom stereocenters. The average molecular weight is 244 g/mol. The second-order valence-corrected chi connectivity index (χ2v) is 4.08. The van der Waals surface area contributed by atoms with Gasteiger partial charge in [0.15, 0.2) is 5.78 Å². The van der Waals surface area contributed by atoms with Gasteiger partial charge in [-0.2, -0.15) is 5.10 Å². The molecule has 0 radical (unpaired) electrons. The lowest BCUT2D eigenvalue weighted by Crippen LogP contribution is -2.03. The second-order valence-electron chi connectivity index (χ2n) is 4.08. The van der Waals surface area contributed by atoms with Crippen molar-refractivity contribution in [2.24, 2.45) is 7.05 Å². The molecule has 1 aromatic carbocycles. The highest BCUT2D eigenvalue weighted by Crippen LogP contribution is 2.18. The Morgan fingerprint density at radius 3 is 2.89 bits per heavy atom. The number of rotatable bonds is 4. The third kappa shape index (κ3) is 2.27. The van der Waals surface area contributed by atoms with Crippen molar-refractivity contribution in [3.63, 3.8) is 0 Å². The van der Waals surface area contributed by atoms with Crippen LogP contribution in [0.2, 0.25) is 0 Å². The Bertz CT molecular complexity index is 573. The van der Waals surface area contributed by atoms with Crippen LogP contribution in [-0.4, -0.2) is 22.7 Å². The van der Waals surface area contributed by atoms with E-state index in [9.17, 15) is 4.79 Å². The molecule has 0 spiro atoms. The molecule has 1 aromatic heterocycles. The van der Waals surface area contributed by atoms with Gasteiger partial charge in [-0.1, -0.05) is 19.1 Å². The molecule has 4 nitrogen and oxygen atoms in total. The van der Waals surface area contributed by atoms with Crippen LogP contribution in [0.1, 0.15) is 28.5 Å². The fourth-order valence-corrected chi connectivity index (χ4v) is 1.91. The van der Waals surface area contributed by atoms with Gasteiger partial charge in [0.05, 0.1) is 18.4 Å². The Morgan fingerprint density at radius 2 is 2.22 bits per heavy atom. The SMILES string of the molecule is CCc1nn(C)cc1C(=O)c1cccc(OC)c1. The number of nitrogens with zero attached hydrogens (tertiary/aromatic N) is 2. The summed E-state index contributed by atoms with van der Waals surface area (Å²) >= 11 is 0. The van der Waals surface area contributed by atoms with Crippen LogP contribution in [0.15, 0.2) is 30.5 Å². The molecular formula is C14H16N2O2. The maximum absolute atomic E-state index is 12.4. The number of ketones is 1. The molecule has 4 heteroatoms. The Labute approximate surface area is 106 Å². The average Bonchev–Trinajstić information content (AvgIpc) is 2.79. The number of hydrogen-bond acceptors (Lipinski definition) is 3. The van der Waals surface area contributed by atoms with Gasteiger partial charge in [0.2, 0.25) is 0 Å². The fourth-order valence-electron chi connectivity index (χ4n) is 1.91. The predicted octanol–water partition coefficient (Wildman–Crippen LogP) is 2.22. The number of carbonyl (C=O) groups excluding carboxylic acids is 1. The van der Waals surface area contributed by atoms with Crippen LogP contribution in [0.4, 0.5) is 0 Å². The topological polar surface area (TPSA) is 44.1 Å². The molecule has 0 amide bonds. The van der Waals surface area contributed by atoms with Gasteiger partial charge in [0.25, 0.3) is 0 Å². The Balaban J connectivity index is 2.40. The fraction of sp³-hybridized carbons (Fsp3) is 0.286. The summed E-state index contributed by atoms with van der Waals surface area (Å²) in [7, 11) is 3.41. The summed E-state index contributed by atoms with van der Waals surface area (Å²) in [5.74, 6) is 0.668. The Hall–Kier alpha value is -2.10. The molecule has 0 saturated carbocycles. The molecule has 0 aliphatic heterocycles. The van der Waals surface area contributed by atoms with E-state index in [1.54, 1.807) is 30.1 Å². The standard InChI is InChI=1S/C14H16N2O2/c1-4-13-12(9-16(2)15-13)14(17)10-6-5-7-11(8-10)18-3/h5-9H,4H2,1-3H3. The summed E-state index contributed by atoms with van der Waals surface area (Å²) in [4.78, 5) is 12.4. The minimum atomic E-state index is -0.0150. The maximum atomic E-state index is 12.4. The third-order valence-corrected chi connectivity index (χ3v) is 2.82. The van der Waals surface area contributed by atoms with Gasteiger partial charge in [0.1, 0.15) is 5.75 Å². The Morgan fingerprint density at radius 1 is 1.44 bits per heavy atom. The van der Waals surface area contributed by atoms with Crippen LogP contribution >= 0.6 is 0 Å². The van der Waals surface area contributed by atoms with E-state index in [2.05, 4.69) is 5.10 Å². The summed E-state index contributed by atoms with van der Waals surface area (Å²) in [5.41, 5.74) is 2.11. The molecule has 1 heterocycles. The highest BCUT2D eigenvalue weighted by molar-refractivity contribution is 6.09. The normalized spacial score (nSPS) is 10.4. The lowest BCUT2D eigenvalue weighted by atomic mass is 10.0. The maximum Gasteiger partial charge on any atom is 0.196 e. The van der Waals surface area contributed by atoms with E-state index in [1.165, 1.54) is 0 Å². The van der Waals surface area contributed by atoms with Crippen molar-refractivity contribution < 1.29 is 9.53 Å². The summed E-state index contributed by atoms with van der Waals surface area (Å²) in [5, 5.41) is 4.28. The smallest absolute Gasteiger partial charge is 0.196 e. The van der Waals surface area contributed by atoms with Crippen molar-refractivity contribution >= 4 is 5.78 Å². The first kappa shape index (κ1) is 12.4. The molecular weight excluding hydrogens is 228 g/mol. The van der Waals surface area contributed by atoms with Crippen LogP contribution < -0.4 is 4.74 Å². The summed E-state index contributed by atoms with van der Waals surface area (Å²) in [6.07, 6.45) is 2.51. The van der Waals surface area contributed by atoms with Crippen LogP contribution in [-0.2, 0) is 13.5 Å². The van der Waals surface area contributed by atoms with Crippen LogP contribution in [0.3, 0.4) is 0 Å². The molecule has 0 aliphatic carbocycles. The number of hydrogen-bond donors (Lipinski definition) is 0. The quantitative estimate of drug-likeness (QED) is 0.775. The monoisotopic (exact) mass is 244 g/mol. The van der Waals surface area contributed by atoms with E-state index in [0.717, 1.165) is 12.1 Å². The van der Waals surface area contributed by atoms with Crippen molar-refractivity contribution in [3.8, 4) is 5.75 Å². The molecule has 18 heavy (non-hydrogen) atoms.